The Morgan fingerprint density at radius 2 is 1.69 bits per heavy atom. The summed E-state index contributed by atoms with van der Waals surface area (Å²) in [4.78, 5) is 12.8. The third-order valence-corrected chi connectivity index (χ3v) is 6.22. The van der Waals surface area contributed by atoms with E-state index in [9.17, 15) is 27.6 Å². The summed E-state index contributed by atoms with van der Waals surface area (Å²) in [5, 5.41) is 13.6. The van der Waals surface area contributed by atoms with E-state index < -0.39 is 59.3 Å². The number of carbonyl (C=O) groups is 1. The number of hydrogen-bond donors (Lipinski definition) is 2. The largest absolute Gasteiger partial charge is 0.407 e. The third kappa shape index (κ3) is 5.94. The number of carbonyl (C=O) groups excluding carboxylic acids is 1. The summed E-state index contributed by atoms with van der Waals surface area (Å²) in [7, 11) is 0. The molecule has 2 unspecified atom stereocenters. The molecular weight excluding hydrogens is 436 g/mol. The molecule has 2 N–H and O–H groups in total. The molecule has 0 radical (unpaired) electrons. The number of alkyl halides is 5. The van der Waals surface area contributed by atoms with Gasteiger partial charge in [0.1, 0.15) is 17.4 Å². The maximum atomic E-state index is 15.0. The number of hydrogen-bond acceptors (Lipinski definition) is 3. The maximum Gasteiger partial charge on any atom is 0.407 e. The van der Waals surface area contributed by atoms with Gasteiger partial charge in [0.25, 0.3) is 5.92 Å². The van der Waals surface area contributed by atoms with Crippen molar-refractivity contribution in [3.8, 4) is 6.07 Å². The number of nitriles is 1. The van der Waals surface area contributed by atoms with E-state index in [-0.39, 0.29) is 12.8 Å². The summed E-state index contributed by atoms with van der Waals surface area (Å²) < 4.78 is 84.7. The van der Waals surface area contributed by atoms with Crippen LogP contribution in [0.5, 0.6) is 0 Å². The van der Waals surface area contributed by atoms with Crippen molar-refractivity contribution in [3.05, 3.63) is 35.6 Å². The van der Waals surface area contributed by atoms with E-state index in [4.69, 9.17) is 0 Å². The zero-order valence-electron chi connectivity index (χ0n) is 17.3. The molecule has 2 saturated carbocycles. The minimum absolute atomic E-state index is 0.240. The van der Waals surface area contributed by atoms with Gasteiger partial charge < -0.3 is 5.32 Å². The molecule has 2 aliphatic rings. The van der Waals surface area contributed by atoms with E-state index in [1.807, 2.05) is 6.07 Å². The maximum absolute atomic E-state index is 15.0. The Hall–Kier alpha value is -2.28. The molecule has 10 heteroatoms. The van der Waals surface area contributed by atoms with E-state index in [1.165, 1.54) is 0 Å². The SMILES string of the molecule is N#CC1(NC(=O)C(CC(F)(F)C2CCCCC2)NC(c2ccc(F)cc2)C(F)(F)F)CC1. The summed E-state index contributed by atoms with van der Waals surface area (Å²) in [5.74, 6) is -6.21. The third-order valence-electron chi connectivity index (χ3n) is 6.22. The molecule has 176 valence electrons. The second-order valence-corrected chi connectivity index (χ2v) is 8.73. The first-order chi connectivity index (χ1) is 15.0. The molecule has 0 spiro atoms. The molecule has 0 aliphatic heterocycles. The first-order valence-electron chi connectivity index (χ1n) is 10.7. The average Bonchev–Trinajstić information content (AvgIpc) is 3.51. The van der Waals surface area contributed by atoms with Crippen LogP contribution in [0.2, 0.25) is 0 Å². The molecule has 32 heavy (non-hydrogen) atoms. The Kier molecular flexibility index (Phi) is 7.08. The second-order valence-electron chi connectivity index (χ2n) is 8.73. The van der Waals surface area contributed by atoms with E-state index in [2.05, 4.69) is 10.6 Å². The quantitative estimate of drug-likeness (QED) is 0.526. The number of benzene rings is 1. The zero-order valence-corrected chi connectivity index (χ0v) is 17.3. The van der Waals surface area contributed by atoms with Crippen molar-refractivity contribution in [1.82, 2.24) is 10.6 Å². The minimum Gasteiger partial charge on any atom is -0.336 e. The van der Waals surface area contributed by atoms with E-state index in [0.29, 0.717) is 25.7 Å². The Bertz CT molecular complexity index is 839. The van der Waals surface area contributed by atoms with Crippen molar-refractivity contribution < 1.29 is 31.1 Å². The van der Waals surface area contributed by atoms with Crippen LogP contribution in [0.4, 0.5) is 26.3 Å². The fourth-order valence-corrected chi connectivity index (χ4v) is 4.14. The van der Waals surface area contributed by atoms with Gasteiger partial charge in [0.2, 0.25) is 5.91 Å². The predicted octanol–water partition coefficient (Wildman–Crippen LogP) is 5.17. The van der Waals surface area contributed by atoms with Gasteiger partial charge in [-0.05, 0) is 43.4 Å². The van der Waals surface area contributed by atoms with E-state index >= 15 is 8.78 Å². The highest BCUT2D eigenvalue weighted by Crippen LogP contribution is 2.41. The molecule has 1 aromatic carbocycles. The van der Waals surface area contributed by atoms with Crippen molar-refractivity contribution in [2.45, 2.75) is 81.1 Å². The molecule has 2 atom stereocenters. The lowest BCUT2D eigenvalue weighted by molar-refractivity contribution is -0.164. The van der Waals surface area contributed by atoms with Crippen LogP contribution in [0, 0.1) is 23.1 Å². The van der Waals surface area contributed by atoms with Crippen LogP contribution in [0.25, 0.3) is 0 Å². The molecule has 1 amide bonds. The van der Waals surface area contributed by atoms with Gasteiger partial charge in [-0.2, -0.15) is 18.4 Å². The molecule has 3 rings (SSSR count). The lowest BCUT2D eigenvalue weighted by Crippen LogP contribution is -2.54. The summed E-state index contributed by atoms with van der Waals surface area (Å²) in [6.07, 6.45) is -2.94. The lowest BCUT2D eigenvalue weighted by Gasteiger charge is -2.34. The smallest absolute Gasteiger partial charge is 0.336 e. The molecule has 1 aromatic rings. The Balaban J connectivity index is 1.86. The van der Waals surface area contributed by atoms with Gasteiger partial charge in [0.05, 0.1) is 12.1 Å². The standard InChI is InChI=1S/C22H25F6N3O/c23-16-8-6-14(7-9-16)18(22(26,27)28)30-17(19(32)31-20(13-29)10-11-20)12-21(24,25)15-4-2-1-3-5-15/h6-9,15,17-18,30H,1-5,10-12H2,(H,31,32). The fraction of sp³-hybridized carbons (Fsp3) is 0.636. The number of halogens is 6. The molecule has 4 nitrogen and oxygen atoms in total. The van der Waals surface area contributed by atoms with Crippen LogP contribution in [0.3, 0.4) is 0 Å². The van der Waals surface area contributed by atoms with Crippen molar-refractivity contribution >= 4 is 5.91 Å². The van der Waals surface area contributed by atoms with Crippen LogP contribution >= 0.6 is 0 Å². The van der Waals surface area contributed by atoms with Crippen molar-refractivity contribution in [3.63, 3.8) is 0 Å². The van der Waals surface area contributed by atoms with Crippen LogP contribution in [-0.4, -0.2) is 29.6 Å². The highest BCUT2D eigenvalue weighted by atomic mass is 19.4. The Labute approximate surface area is 182 Å². The van der Waals surface area contributed by atoms with Crippen molar-refractivity contribution in [2.24, 2.45) is 5.92 Å². The van der Waals surface area contributed by atoms with Crippen LogP contribution in [0.1, 0.15) is 63.0 Å². The van der Waals surface area contributed by atoms with E-state index in [0.717, 1.165) is 30.7 Å². The molecule has 2 fully saturated rings. The van der Waals surface area contributed by atoms with Gasteiger partial charge in [-0.3, -0.25) is 10.1 Å². The highest BCUT2D eigenvalue weighted by molar-refractivity contribution is 5.83. The summed E-state index contributed by atoms with van der Waals surface area (Å²) >= 11 is 0. The highest BCUT2D eigenvalue weighted by Gasteiger charge is 2.50. The van der Waals surface area contributed by atoms with E-state index in [1.54, 1.807) is 0 Å². The van der Waals surface area contributed by atoms with Gasteiger partial charge in [-0.1, -0.05) is 31.4 Å². The second kappa shape index (κ2) is 9.30. The number of rotatable bonds is 8. The number of nitrogens with zero attached hydrogens (tertiary/aromatic N) is 1. The Morgan fingerprint density at radius 3 is 2.19 bits per heavy atom. The summed E-state index contributed by atoms with van der Waals surface area (Å²) in [5.41, 5.74) is -1.63. The van der Waals surface area contributed by atoms with Crippen LogP contribution < -0.4 is 10.6 Å². The Morgan fingerprint density at radius 1 is 1.09 bits per heavy atom. The van der Waals surface area contributed by atoms with Gasteiger partial charge >= 0.3 is 6.18 Å². The van der Waals surface area contributed by atoms with Crippen LogP contribution in [-0.2, 0) is 4.79 Å². The molecule has 0 bridgehead atoms. The van der Waals surface area contributed by atoms with Crippen LogP contribution in [0.15, 0.2) is 24.3 Å². The molecule has 0 aromatic heterocycles. The predicted molar refractivity (Wildman–Crippen MR) is 104 cm³/mol. The van der Waals surface area contributed by atoms with Gasteiger partial charge in [0, 0.05) is 12.3 Å². The van der Waals surface area contributed by atoms with Gasteiger partial charge in [-0.15, -0.1) is 0 Å². The molecule has 2 aliphatic carbocycles. The monoisotopic (exact) mass is 461 g/mol. The molecular formula is C22H25F6N3O. The lowest BCUT2D eigenvalue weighted by atomic mass is 9.82. The van der Waals surface area contributed by atoms with Crippen molar-refractivity contribution in [1.29, 1.82) is 5.26 Å². The minimum atomic E-state index is -4.93. The number of amides is 1. The topological polar surface area (TPSA) is 64.9 Å². The number of nitrogens with one attached hydrogen (secondary N) is 2. The first-order valence-corrected chi connectivity index (χ1v) is 10.7. The summed E-state index contributed by atoms with van der Waals surface area (Å²) in [6.45, 7) is 0. The molecule has 0 saturated heterocycles. The normalized spacial score (nSPS) is 20.8. The van der Waals surface area contributed by atoms with Gasteiger partial charge in [-0.25, -0.2) is 13.2 Å². The van der Waals surface area contributed by atoms with Gasteiger partial charge in [0.15, 0.2) is 0 Å². The fourth-order valence-electron chi connectivity index (χ4n) is 4.14. The van der Waals surface area contributed by atoms with Crippen molar-refractivity contribution in [2.75, 3.05) is 0 Å². The molecule has 0 heterocycles. The summed E-state index contributed by atoms with van der Waals surface area (Å²) in [6, 6.07) is 0.971. The first kappa shape index (κ1) is 24.4. The average molecular weight is 461 g/mol. The zero-order chi connectivity index (χ0) is 23.6.